The molecule has 0 saturated carbocycles. The normalized spacial score (nSPS) is 14.6. The Morgan fingerprint density at radius 3 is 2.11 bits per heavy atom. The first kappa shape index (κ1) is 15.2. The van der Waals surface area contributed by atoms with Crippen molar-refractivity contribution >= 4 is 56.8 Å². The maximum Gasteiger partial charge on any atom is 0.244 e. The highest BCUT2D eigenvalue weighted by molar-refractivity contribution is 9.10. The van der Waals surface area contributed by atoms with Gasteiger partial charge in [0.25, 0.3) is 0 Å². The zero-order valence-electron chi connectivity index (χ0n) is 8.92. The lowest BCUT2D eigenvalue weighted by atomic mass is 10.3. The fraction of sp³-hybridized carbons (Fsp3) is 0.200. The predicted octanol–water partition coefficient (Wildman–Crippen LogP) is 3.11. The molecule has 8 heteroatoms. The van der Waals surface area contributed by atoms with Gasteiger partial charge in [0.15, 0.2) is 0 Å². The van der Waals surface area contributed by atoms with Crippen LogP contribution in [0.15, 0.2) is 16.6 Å². The minimum absolute atomic E-state index is 0.00938. The largest absolute Gasteiger partial charge is 0.395 e. The molecule has 1 aromatic rings. The Hall–Kier alpha value is -0.850. The van der Waals surface area contributed by atoms with Gasteiger partial charge in [0, 0.05) is 29.1 Å². The van der Waals surface area contributed by atoms with Gasteiger partial charge in [-0.15, -0.1) is 0 Å². The molecule has 1 fully saturated rings. The van der Waals surface area contributed by atoms with Crippen molar-refractivity contribution in [1.29, 1.82) is 0 Å². The molecular formula is C10H8BrCl2FN2O2. The van der Waals surface area contributed by atoms with Crippen LogP contribution >= 0.6 is 39.3 Å². The molecular weight excluding hydrogens is 350 g/mol. The number of nitrogens with two attached hydrogens (primary N) is 1. The van der Waals surface area contributed by atoms with Gasteiger partial charge in [-0.1, -0.05) is 27.5 Å². The first-order valence-corrected chi connectivity index (χ1v) is 6.25. The van der Waals surface area contributed by atoms with Crippen LogP contribution in [-0.2, 0) is 9.59 Å². The van der Waals surface area contributed by atoms with Gasteiger partial charge < -0.3 is 5.73 Å². The van der Waals surface area contributed by atoms with Crippen molar-refractivity contribution in [3.63, 3.8) is 0 Å². The fourth-order valence-electron chi connectivity index (χ4n) is 1.10. The zero-order valence-corrected chi connectivity index (χ0v) is 12.0. The summed E-state index contributed by atoms with van der Waals surface area (Å²) in [5.74, 6) is -1.09. The Morgan fingerprint density at radius 1 is 1.28 bits per heavy atom. The third-order valence-electron chi connectivity index (χ3n) is 2.03. The summed E-state index contributed by atoms with van der Waals surface area (Å²) in [5.41, 5.74) is 5.21. The highest BCUT2D eigenvalue weighted by Gasteiger charge is 2.26. The van der Waals surface area contributed by atoms with Gasteiger partial charge in [0.1, 0.15) is 5.82 Å². The van der Waals surface area contributed by atoms with Crippen LogP contribution in [0.2, 0.25) is 5.02 Å². The van der Waals surface area contributed by atoms with E-state index in [9.17, 15) is 14.0 Å². The highest BCUT2D eigenvalue weighted by atomic mass is 79.9. The van der Waals surface area contributed by atoms with Crippen molar-refractivity contribution in [3.05, 3.63) is 27.4 Å². The third-order valence-corrected chi connectivity index (χ3v) is 3.18. The molecule has 1 heterocycles. The number of nitrogen functional groups attached to an aromatic ring is 1. The molecule has 98 valence electrons. The summed E-state index contributed by atoms with van der Waals surface area (Å²) in [6.45, 7) is 0. The van der Waals surface area contributed by atoms with Gasteiger partial charge in [0.05, 0.1) is 10.7 Å². The molecule has 1 aliphatic rings. The number of rotatable bonds is 0. The lowest BCUT2D eigenvalue weighted by molar-refractivity contribution is -0.132. The average Bonchev–Trinajstić information content (AvgIpc) is 2.58. The lowest BCUT2D eigenvalue weighted by Gasteiger charge is -1.98. The standard InChI is InChI=1S/C6H4BrClFN.C4H4ClNO2/c7-3-1-4(8)6(10)5(9)2-3;5-6-3(7)1-2-4(6)8/h1-2H,10H2;1-2H2. The molecule has 18 heavy (non-hydrogen) atoms. The molecule has 2 N–H and O–H groups in total. The van der Waals surface area contributed by atoms with Crippen LogP contribution in [0.3, 0.4) is 0 Å². The topological polar surface area (TPSA) is 63.4 Å². The number of imide groups is 1. The fourth-order valence-corrected chi connectivity index (χ4v) is 2.04. The van der Waals surface area contributed by atoms with Crippen LogP contribution in [0.5, 0.6) is 0 Å². The van der Waals surface area contributed by atoms with Crippen molar-refractivity contribution in [3.8, 4) is 0 Å². The molecule has 4 nitrogen and oxygen atoms in total. The van der Waals surface area contributed by atoms with Crippen LogP contribution in [0.25, 0.3) is 0 Å². The summed E-state index contributed by atoms with van der Waals surface area (Å²) in [6, 6.07) is 2.81. The second kappa shape index (κ2) is 6.36. The number of hydrogen-bond donors (Lipinski definition) is 1. The van der Waals surface area contributed by atoms with Crippen LogP contribution in [0, 0.1) is 5.82 Å². The number of carbonyl (C=O) groups is 2. The molecule has 0 spiro atoms. The maximum absolute atomic E-state index is 12.6. The molecule has 0 bridgehead atoms. The number of anilines is 1. The minimum Gasteiger partial charge on any atom is -0.395 e. The molecule has 0 unspecified atom stereocenters. The van der Waals surface area contributed by atoms with E-state index in [0.717, 1.165) is 0 Å². The van der Waals surface area contributed by atoms with Crippen LogP contribution in [-0.4, -0.2) is 16.2 Å². The molecule has 1 aromatic carbocycles. The van der Waals surface area contributed by atoms with E-state index in [1.807, 2.05) is 0 Å². The number of halogens is 4. The quantitative estimate of drug-likeness (QED) is 0.441. The first-order valence-electron chi connectivity index (χ1n) is 4.74. The first-order chi connectivity index (χ1) is 8.32. The summed E-state index contributed by atoms with van der Waals surface area (Å²) in [4.78, 5) is 20.7. The number of hydrogen-bond acceptors (Lipinski definition) is 3. The van der Waals surface area contributed by atoms with Gasteiger partial charge in [-0.05, 0) is 12.1 Å². The second-order valence-electron chi connectivity index (χ2n) is 3.35. The molecule has 2 rings (SSSR count). The van der Waals surface area contributed by atoms with Crippen molar-refractivity contribution in [1.82, 2.24) is 4.42 Å². The van der Waals surface area contributed by atoms with Crippen molar-refractivity contribution < 1.29 is 14.0 Å². The summed E-state index contributed by atoms with van der Waals surface area (Å²) < 4.78 is 13.8. The van der Waals surface area contributed by atoms with Crippen LogP contribution in [0.1, 0.15) is 12.8 Å². The molecule has 0 atom stereocenters. The molecule has 0 radical (unpaired) electrons. The van der Waals surface area contributed by atoms with Gasteiger partial charge in [-0.25, -0.2) is 4.39 Å². The number of nitrogens with zero attached hydrogens (tertiary/aromatic N) is 1. The Bertz CT molecular complexity index is 460. The van der Waals surface area contributed by atoms with Crippen LogP contribution < -0.4 is 5.73 Å². The smallest absolute Gasteiger partial charge is 0.244 e. The van der Waals surface area contributed by atoms with E-state index >= 15 is 0 Å². The van der Waals surface area contributed by atoms with E-state index in [2.05, 4.69) is 15.9 Å². The van der Waals surface area contributed by atoms with Crippen molar-refractivity contribution in [2.45, 2.75) is 12.8 Å². The van der Waals surface area contributed by atoms with E-state index in [0.29, 0.717) is 8.89 Å². The van der Waals surface area contributed by atoms with Gasteiger partial charge in [-0.2, -0.15) is 4.42 Å². The summed E-state index contributed by atoms with van der Waals surface area (Å²) in [6.07, 6.45) is 0.532. The minimum atomic E-state index is -0.501. The SMILES string of the molecule is Nc1c(F)cc(Br)cc1Cl.O=C1CCC(=O)N1Cl. The number of benzene rings is 1. The monoisotopic (exact) mass is 356 g/mol. The Kier molecular flexibility index (Phi) is 5.37. The predicted molar refractivity (Wildman–Crippen MR) is 70.5 cm³/mol. The molecule has 1 saturated heterocycles. The number of carbonyl (C=O) groups excluding carboxylic acids is 2. The van der Waals surface area contributed by atoms with Crippen LogP contribution in [0.4, 0.5) is 10.1 Å². The Labute approximate surface area is 121 Å². The highest BCUT2D eigenvalue weighted by Crippen LogP contribution is 2.26. The maximum atomic E-state index is 12.6. The number of amides is 2. The molecule has 0 aliphatic carbocycles. The summed E-state index contributed by atoms with van der Waals surface area (Å²) >= 11 is 13.7. The Balaban J connectivity index is 0.000000184. The van der Waals surface area contributed by atoms with Gasteiger partial charge in [0.2, 0.25) is 11.8 Å². The summed E-state index contributed by atoms with van der Waals surface area (Å²) in [7, 11) is 0. The van der Waals surface area contributed by atoms with E-state index < -0.39 is 5.82 Å². The van der Waals surface area contributed by atoms with Gasteiger partial charge >= 0.3 is 0 Å². The lowest BCUT2D eigenvalue weighted by Crippen LogP contribution is -2.16. The van der Waals surface area contributed by atoms with E-state index in [1.165, 1.54) is 6.07 Å². The van der Waals surface area contributed by atoms with E-state index in [1.54, 1.807) is 6.07 Å². The van der Waals surface area contributed by atoms with E-state index in [-0.39, 0.29) is 35.4 Å². The average molecular weight is 358 g/mol. The van der Waals surface area contributed by atoms with E-state index in [4.69, 9.17) is 29.1 Å². The molecule has 0 aromatic heterocycles. The zero-order chi connectivity index (χ0) is 13.9. The molecule has 1 aliphatic heterocycles. The van der Waals surface area contributed by atoms with Crippen molar-refractivity contribution in [2.24, 2.45) is 0 Å². The van der Waals surface area contributed by atoms with Gasteiger partial charge in [-0.3, -0.25) is 9.59 Å². The van der Waals surface area contributed by atoms with Crippen molar-refractivity contribution in [2.75, 3.05) is 5.73 Å². The third kappa shape index (κ3) is 3.83. The second-order valence-corrected chi connectivity index (χ2v) is 5.01. The molecule has 2 amide bonds. The summed E-state index contributed by atoms with van der Waals surface area (Å²) in [5, 5.41) is 0.229. The Morgan fingerprint density at radius 2 is 1.78 bits per heavy atom.